The van der Waals surface area contributed by atoms with Gasteiger partial charge in [0.15, 0.2) is 0 Å². The molecular weight excluding hydrogens is 272 g/mol. The molecule has 0 unspecified atom stereocenters. The number of carbonyl (C=O) groups is 1. The first kappa shape index (κ1) is 13.8. The lowest BCUT2D eigenvalue weighted by atomic mass is 10.1. The van der Waals surface area contributed by atoms with Crippen molar-refractivity contribution >= 4 is 22.5 Å². The molecule has 0 bridgehead atoms. The first-order chi connectivity index (χ1) is 10.7. The van der Waals surface area contributed by atoms with E-state index < -0.39 is 0 Å². The second-order valence-corrected chi connectivity index (χ2v) is 5.01. The Balaban J connectivity index is 2.00. The highest BCUT2D eigenvalue weighted by atomic mass is 16.1. The number of rotatable bonds is 2. The van der Waals surface area contributed by atoms with Crippen LogP contribution in [0.2, 0.25) is 0 Å². The summed E-state index contributed by atoms with van der Waals surface area (Å²) in [6, 6.07) is 16.6. The van der Waals surface area contributed by atoms with E-state index in [2.05, 4.69) is 16.2 Å². The Kier molecular flexibility index (Phi) is 3.59. The molecule has 3 aromatic rings. The molecule has 22 heavy (non-hydrogen) atoms. The highest BCUT2D eigenvalue weighted by Gasteiger charge is 2.12. The van der Waals surface area contributed by atoms with E-state index in [1.165, 1.54) is 0 Å². The number of benzene rings is 2. The molecule has 0 atom stereocenters. The van der Waals surface area contributed by atoms with Crippen molar-refractivity contribution in [2.24, 2.45) is 0 Å². The predicted octanol–water partition coefficient (Wildman–Crippen LogP) is 3.78. The number of nitrogens with zero attached hydrogens (tertiary/aromatic N) is 1. The summed E-state index contributed by atoms with van der Waals surface area (Å²) in [6.07, 6.45) is 5.38. The van der Waals surface area contributed by atoms with Crippen LogP contribution in [-0.4, -0.2) is 10.9 Å². The van der Waals surface area contributed by atoms with E-state index in [1.54, 1.807) is 12.1 Å². The van der Waals surface area contributed by atoms with Crippen LogP contribution in [0, 0.1) is 19.3 Å². The second-order valence-electron chi connectivity index (χ2n) is 5.01. The highest BCUT2D eigenvalue weighted by molar-refractivity contribution is 6.12. The maximum Gasteiger partial charge on any atom is 0.256 e. The number of amides is 1. The Hall–Kier alpha value is -3.12. The summed E-state index contributed by atoms with van der Waals surface area (Å²) >= 11 is 0. The summed E-state index contributed by atoms with van der Waals surface area (Å²) in [5.41, 5.74) is 3.63. The molecule has 106 valence electrons. The number of aryl methyl sites for hydroxylation is 1. The highest BCUT2D eigenvalue weighted by Crippen LogP contribution is 2.20. The molecule has 2 aromatic carbocycles. The van der Waals surface area contributed by atoms with Gasteiger partial charge in [0, 0.05) is 22.3 Å². The average molecular weight is 286 g/mol. The topological polar surface area (TPSA) is 42.0 Å². The lowest BCUT2D eigenvalue weighted by Gasteiger charge is -2.09. The molecule has 0 aliphatic rings. The van der Waals surface area contributed by atoms with Crippen molar-refractivity contribution in [2.75, 3.05) is 5.32 Å². The van der Waals surface area contributed by atoms with Gasteiger partial charge in [-0.1, -0.05) is 30.2 Å². The van der Waals surface area contributed by atoms with Gasteiger partial charge in [-0.2, -0.15) is 0 Å². The summed E-state index contributed by atoms with van der Waals surface area (Å²) in [5.74, 6) is 2.39. The number of para-hydroxylation sites is 1. The molecule has 1 N–H and O–H groups in total. The van der Waals surface area contributed by atoms with E-state index in [4.69, 9.17) is 6.42 Å². The summed E-state index contributed by atoms with van der Waals surface area (Å²) in [7, 11) is 0. The minimum Gasteiger partial charge on any atom is -0.322 e. The van der Waals surface area contributed by atoms with E-state index in [-0.39, 0.29) is 5.91 Å². The molecule has 0 saturated heterocycles. The van der Waals surface area contributed by atoms with E-state index >= 15 is 0 Å². The van der Waals surface area contributed by atoms with Crippen LogP contribution in [0.5, 0.6) is 0 Å². The number of hydrogen-bond donors (Lipinski definition) is 1. The van der Waals surface area contributed by atoms with Crippen molar-refractivity contribution in [1.82, 2.24) is 4.98 Å². The fraction of sp³-hybridized carbons (Fsp3) is 0.0526. The van der Waals surface area contributed by atoms with Gasteiger partial charge in [0.05, 0.1) is 11.1 Å². The largest absolute Gasteiger partial charge is 0.322 e. The van der Waals surface area contributed by atoms with Crippen LogP contribution in [0.3, 0.4) is 0 Å². The van der Waals surface area contributed by atoms with Crippen molar-refractivity contribution in [3.63, 3.8) is 0 Å². The van der Waals surface area contributed by atoms with E-state index in [9.17, 15) is 4.79 Å². The minimum absolute atomic E-state index is 0.170. The van der Waals surface area contributed by atoms with Crippen molar-refractivity contribution in [1.29, 1.82) is 0 Å². The fourth-order valence-corrected chi connectivity index (χ4v) is 2.38. The Labute approximate surface area is 129 Å². The quantitative estimate of drug-likeness (QED) is 0.728. The molecule has 3 rings (SSSR count). The standard InChI is InChI=1S/C19H14N2O/c1-3-14-7-6-8-15(12-14)21-19(22)17-11-13(2)20-18-10-5-4-9-16(17)18/h1,4-12H,2H3,(H,21,22). The molecular formula is C19H14N2O. The molecule has 0 fully saturated rings. The van der Waals surface area contributed by atoms with Crippen molar-refractivity contribution in [2.45, 2.75) is 6.92 Å². The first-order valence-corrected chi connectivity index (χ1v) is 6.92. The van der Waals surface area contributed by atoms with Crippen LogP contribution < -0.4 is 5.32 Å². The third-order valence-corrected chi connectivity index (χ3v) is 3.38. The Morgan fingerprint density at radius 3 is 2.77 bits per heavy atom. The summed E-state index contributed by atoms with van der Waals surface area (Å²) in [6.45, 7) is 1.88. The average Bonchev–Trinajstić information content (AvgIpc) is 2.54. The van der Waals surface area contributed by atoms with Gasteiger partial charge in [0.2, 0.25) is 0 Å². The summed E-state index contributed by atoms with van der Waals surface area (Å²) < 4.78 is 0. The van der Waals surface area contributed by atoms with Gasteiger partial charge in [0.25, 0.3) is 5.91 Å². The Morgan fingerprint density at radius 1 is 1.14 bits per heavy atom. The van der Waals surface area contributed by atoms with Crippen LogP contribution in [0.4, 0.5) is 5.69 Å². The van der Waals surface area contributed by atoms with E-state index in [0.717, 1.165) is 22.2 Å². The third-order valence-electron chi connectivity index (χ3n) is 3.38. The molecule has 0 saturated carbocycles. The molecule has 0 aliphatic carbocycles. The number of terminal acetylenes is 1. The normalized spacial score (nSPS) is 10.2. The summed E-state index contributed by atoms with van der Waals surface area (Å²) in [4.78, 5) is 17.0. The monoisotopic (exact) mass is 286 g/mol. The molecule has 1 aromatic heterocycles. The lowest BCUT2D eigenvalue weighted by molar-refractivity contribution is 0.102. The van der Waals surface area contributed by atoms with E-state index in [1.807, 2.05) is 49.4 Å². The minimum atomic E-state index is -0.170. The molecule has 1 heterocycles. The van der Waals surface area contributed by atoms with Gasteiger partial charge < -0.3 is 5.32 Å². The van der Waals surface area contributed by atoms with E-state index in [0.29, 0.717) is 11.3 Å². The van der Waals surface area contributed by atoms with Gasteiger partial charge in [-0.3, -0.25) is 9.78 Å². The van der Waals surface area contributed by atoms with Crippen LogP contribution in [-0.2, 0) is 0 Å². The summed E-state index contributed by atoms with van der Waals surface area (Å²) in [5, 5.41) is 3.72. The number of nitrogens with one attached hydrogen (secondary N) is 1. The zero-order valence-corrected chi connectivity index (χ0v) is 12.1. The Bertz CT molecular complexity index is 907. The van der Waals surface area contributed by atoms with Gasteiger partial charge in [0.1, 0.15) is 0 Å². The van der Waals surface area contributed by atoms with Crippen LogP contribution in [0.15, 0.2) is 54.6 Å². The molecule has 3 heteroatoms. The molecule has 0 aliphatic heterocycles. The number of hydrogen-bond acceptors (Lipinski definition) is 2. The predicted molar refractivity (Wildman–Crippen MR) is 88.8 cm³/mol. The second kappa shape index (κ2) is 5.71. The van der Waals surface area contributed by atoms with Crippen LogP contribution in [0.1, 0.15) is 21.6 Å². The maximum absolute atomic E-state index is 12.6. The lowest BCUT2D eigenvalue weighted by Crippen LogP contribution is -2.13. The SMILES string of the molecule is C#Cc1cccc(NC(=O)c2cc(C)nc3ccccc23)c1. The maximum atomic E-state index is 12.6. The third kappa shape index (κ3) is 2.68. The number of fused-ring (bicyclic) bond motifs is 1. The van der Waals surface area contributed by atoms with Gasteiger partial charge in [-0.25, -0.2) is 0 Å². The van der Waals surface area contributed by atoms with Gasteiger partial charge in [-0.05, 0) is 37.3 Å². The zero-order valence-electron chi connectivity index (χ0n) is 12.1. The molecule has 3 nitrogen and oxygen atoms in total. The number of pyridine rings is 1. The molecule has 0 radical (unpaired) electrons. The van der Waals surface area contributed by atoms with Gasteiger partial charge in [-0.15, -0.1) is 6.42 Å². The number of aromatic nitrogens is 1. The first-order valence-electron chi connectivity index (χ1n) is 6.92. The van der Waals surface area contributed by atoms with Gasteiger partial charge >= 0.3 is 0 Å². The van der Waals surface area contributed by atoms with Crippen molar-refractivity contribution in [3.8, 4) is 12.3 Å². The van der Waals surface area contributed by atoms with Crippen LogP contribution >= 0.6 is 0 Å². The van der Waals surface area contributed by atoms with Crippen molar-refractivity contribution < 1.29 is 4.79 Å². The fourth-order valence-electron chi connectivity index (χ4n) is 2.38. The zero-order chi connectivity index (χ0) is 15.5. The number of carbonyl (C=O) groups excluding carboxylic acids is 1. The smallest absolute Gasteiger partial charge is 0.256 e. The molecule has 0 spiro atoms. The van der Waals surface area contributed by atoms with Crippen LogP contribution in [0.25, 0.3) is 10.9 Å². The van der Waals surface area contributed by atoms with Crippen molar-refractivity contribution in [3.05, 3.63) is 71.4 Å². The number of anilines is 1. The Morgan fingerprint density at radius 2 is 1.95 bits per heavy atom. The molecule has 1 amide bonds.